The average molecular weight is 342 g/mol. The van der Waals surface area contributed by atoms with E-state index in [1.807, 2.05) is 0 Å². The zero-order valence-electron chi connectivity index (χ0n) is 15.1. The van der Waals surface area contributed by atoms with Gasteiger partial charge in [0.2, 0.25) is 0 Å². The summed E-state index contributed by atoms with van der Waals surface area (Å²) in [6, 6.07) is 0. The molecular formula is C16H36FNO3S. The van der Waals surface area contributed by atoms with Crippen molar-refractivity contribution in [3.05, 3.63) is 0 Å². The Balaban J connectivity index is 0. The minimum atomic E-state index is -4.71. The van der Waals surface area contributed by atoms with Crippen molar-refractivity contribution >= 4 is 10.1 Å². The van der Waals surface area contributed by atoms with Crippen LogP contribution in [-0.4, -0.2) is 49.1 Å². The van der Waals surface area contributed by atoms with Crippen LogP contribution in [0.5, 0.6) is 0 Å². The standard InChI is InChI=1S/C8H17FO3S.C8H20N/c1-2-3-4-5-6-7-8(9)13(10,11)12;1-5-9(6-2,7-3)8-4/h8H,2-7H2,1H3,(H,10,11,12);5-8H2,1-4H3/q;+1/p-1. The highest BCUT2D eigenvalue weighted by Gasteiger charge is 2.16. The highest BCUT2D eigenvalue weighted by molar-refractivity contribution is 7.86. The molecule has 0 aromatic heterocycles. The quantitative estimate of drug-likeness (QED) is 0.323. The summed E-state index contributed by atoms with van der Waals surface area (Å²) in [6.45, 7) is 16.3. The van der Waals surface area contributed by atoms with E-state index < -0.39 is 15.6 Å². The second-order valence-electron chi connectivity index (χ2n) is 5.71. The first-order valence-corrected chi connectivity index (χ1v) is 10.1. The van der Waals surface area contributed by atoms with Gasteiger partial charge in [0.25, 0.3) is 0 Å². The molecule has 0 heterocycles. The van der Waals surface area contributed by atoms with Gasteiger partial charge < -0.3 is 9.04 Å². The maximum absolute atomic E-state index is 12.5. The molecule has 0 spiro atoms. The normalized spacial score (nSPS) is 13.4. The van der Waals surface area contributed by atoms with Gasteiger partial charge in [0.15, 0.2) is 5.50 Å². The van der Waals surface area contributed by atoms with Gasteiger partial charge in [-0.25, -0.2) is 12.8 Å². The molecule has 0 amide bonds. The molecule has 1 unspecified atom stereocenters. The number of halogens is 1. The fraction of sp³-hybridized carbons (Fsp3) is 1.00. The molecule has 0 aliphatic rings. The molecule has 0 aromatic carbocycles. The van der Waals surface area contributed by atoms with Gasteiger partial charge in [0.1, 0.15) is 10.1 Å². The maximum atomic E-state index is 12.5. The smallest absolute Gasteiger partial charge is 0.189 e. The van der Waals surface area contributed by atoms with E-state index in [-0.39, 0.29) is 6.42 Å². The third kappa shape index (κ3) is 11.4. The molecule has 4 nitrogen and oxygen atoms in total. The summed E-state index contributed by atoms with van der Waals surface area (Å²) in [4.78, 5) is 0. The van der Waals surface area contributed by atoms with Crippen molar-refractivity contribution < 1.29 is 21.8 Å². The zero-order chi connectivity index (χ0) is 17.6. The highest BCUT2D eigenvalue weighted by atomic mass is 32.2. The number of quaternary nitrogens is 1. The Morgan fingerprint density at radius 1 is 0.864 bits per heavy atom. The van der Waals surface area contributed by atoms with E-state index in [0.717, 1.165) is 25.7 Å². The molecule has 136 valence electrons. The Morgan fingerprint density at radius 3 is 1.55 bits per heavy atom. The van der Waals surface area contributed by atoms with Crippen LogP contribution in [0.4, 0.5) is 4.39 Å². The third-order valence-corrected chi connectivity index (χ3v) is 5.39. The molecule has 0 aromatic rings. The number of unbranched alkanes of at least 4 members (excludes halogenated alkanes) is 4. The molecule has 6 heteroatoms. The van der Waals surface area contributed by atoms with Crippen LogP contribution in [-0.2, 0) is 10.1 Å². The predicted molar refractivity (Wildman–Crippen MR) is 90.4 cm³/mol. The van der Waals surface area contributed by atoms with E-state index in [0.29, 0.717) is 6.42 Å². The topological polar surface area (TPSA) is 57.2 Å². The lowest BCUT2D eigenvalue weighted by molar-refractivity contribution is -0.921. The molecule has 0 aliphatic heterocycles. The van der Waals surface area contributed by atoms with E-state index >= 15 is 0 Å². The van der Waals surface area contributed by atoms with Crippen LogP contribution >= 0.6 is 0 Å². The molecule has 0 bridgehead atoms. The minimum Gasteiger partial charge on any atom is -0.746 e. The third-order valence-electron chi connectivity index (χ3n) is 4.53. The van der Waals surface area contributed by atoms with E-state index in [2.05, 4.69) is 34.6 Å². The summed E-state index contributed by atoms with van der Waals surface area (Å²) in [5.41, 5.74) is -2.21. The fourth-order valence-electron chi connectivity index (χ4n) is 2.39. The van der Waals surface area contributed by atoms with Crippen LogP contribution in [0.3, 0.4) is 0 Å². The number of rotatable bonds is 11. The summed E-state index contributed by atoms with van der Waals surface area (Å²) in [5.74, 6) is 0. The van der Waals surface area contributed by atoms with Crippen LogP contribution in [0.25, 0.3) is 0 Å². The van der Waals surface area contributed by atoms with E-state index in [4.69, 9.17) is 0 Å². The Morgan fingerprint density at radius 2 is 1.27 bits per heavy atom. The second-order valence-corrected chi connectivity index (χ2v) is 7.21. The lowest BCUT2D eigenvalue weighted by atomic mass is 10.1. The molecule has 0 aliphatic carbocycles. The van der Waals surface area contributed by atoms with Crippen molar-refractivity contribution in [2.75, 3.05) is 26.2 Å². The van der Waals surface area contributed by atoms with Crippen molar-refractivity contribution in [1.29, 1.82) is 0 Å². The summed E-state index contributed by atoms with van der Waals surface area (Å²) < 4.78 is 44.2. The number of nitrogens with zero attached hydrogens (tertiary/aromatic N) is 1. The van der Waals surface area contributed by atoms with Gasteiger partial charge in [0, 0.05) is 0 Å². The molecule has 0 rings (SSSR count). The first-order chi connectivity index (χ1) is 10.2. The molecule has 0 radical (unpaired) electrons. The van der Waals surface area contributed by atoms with Crippen molar-refractivity contribution in [3.63, 3.8) is 0 Å². The number of hydrogen-bond donors (Lipinski definition) is 0. The van der Waals surface area contributed by atoms with Gasteiger partial charge in [-0.15, -0.1) is 0 Å². The Labute approximate surface area is 137 Å². The Kier molecular flexibility index (Phi) is 14.5. The van der Waals surface area contributed by atoms with Gasteiger partial charge >= 0.3 is 0 Å². The van der Waals surface area contributed by atoms with E-state index in [9.17, 15) is 17.4 Å². The minimum absolute atomic E-state index is 0.157. The second kappa shape index (κ2) is 13.3. The van der Waals surface area contributed by atoms with Crippen molar-refractivity contribution in [3.8, 4) is 0 Å². The Hall–Kier alpha value is -0.200. The molecule has 0 saturated carbocycles. The first kappa shape index (κ1) is 24.1. The van der Waals surface area contributed by atoms with Gasteiger partial charge in [-0.1, -0.05) is 32.6 Å². The van der Waals surface area contributed by atoms with Crippen molar-refractivity contribution in [1.82, 2.24) is 0 Å². The number of alkyl halides is 1. The van der Waals surface area contributed by atoms with Crippen LogP contribution < -0.4 is 0 Å². The lowest BCUT2D eigenvalue weighted by Gasteiger charge is -2.34. The largest absolute Gasteiger partial charge is 0.746 e. The molecule has 22 heavy (non-hydrogen) atoms. The highest BCUT2D eigenvalue weighted by Crippen LogP contribution is 2.12. The van der Waals surface area contributed by atoms with E-state index in [1.165, 1.54) is 30.7 Å². The van der Waals surface area contributed by atoms with Crippen molar-refractivity contribution in [2.45, 2.75) is 78.6 Å². The molecule has 1 atom stereocenters. The summed E-state index contributed by atoms with van der Waals surface area (Å²) in [7, 11) is -4.71. The van der Waals surface area contributed by atoms with Gasteiger partial charge in [-0.3, -0.25) is 0 Å². The van der Waals surface area contributed by atoms with Gasteiger partial charge in [-0.2, -0.15) is 0 Å². The monoisotopic (exact) mass is 341 g/mol. The molecular weight excluding hydrogens is 305 g/mol. The van der Waals surface area contributed by atoms with Crippen molar-refractivity contribution in [2.24, 2.45) is 0 Å². The van der Waals surface area contributed by atoms with Crippen LogP contribution in [0, 0.1) is 0 Å². The fourth-order valence-corrected chi connectivity index (χ4v) is 2.85. The Bertz CT molecular complexity index is 326. The molecule has 0 N–H and O–H groups in total. The van der Waals surface area contributed by atoms with Crippen LogP contribution in [0.2, 0.25) is 0 Å². The average Bonchev–Trinajstić information content (AvgIpc) is 2.49. The SMILES string of the molecule is CCCCCCCC(F)S(=O)(=O)[O-].CC[N+](CC)(CC)CC. The number of hydrogen-bond acceptors (Lipinski definition) is 3. The maximum Gasteiger partial charge on any atom is 0.189 e. The molecule has 0 saturated heterocycles. The van der Waals surface area contributed by atoms with Crippen LogP contribution in [0.1, 0.15) is 73.1 Å². The summed E-state index contributed by atoms with van der Waals surface area (Å²) in [5, 5.41) is 0. The van der Waals surface area contributed by atoms with E-state index in [1.54, 1.807) is 0 Å². The summed E-state index contributed by atoms with van der Waals surface area (Å²) >= 11 is 0. The van der Waals surface area contributed by atoms with Gasteiger partial charge in [-0.05, 0) is 40.5 Å². The van der Waals surface area contributed by atoms with Crippen LogP contribution in [0.15, 0.2) is 0 Å². The lowest BCUT2D eigenvalue weighted by Crippen LogP contribution is -2.47. The first-order valence-electron chi connectivity index (χ1n) is 8.66. The molecule has 0 fully saturated rings. The zero-order valence-corrected chi connectivity index (χ0v) is 15.9. The predicted octanol–water partition coefficient (Wildman–Crippen LogP) is 4.07. The van der Waals surface area contributed by atoms with Gasteiger partial charge in [0.05, 0.1) is 26.2 Å². The summed E-state index contributed by atoms with van der Waals surface area (Å²) in [6.07, 6.45) is 4.24.